The molecule has 1 aliphatic rings. The Kier molecular flexibility index (Phi) is 8.75. The summed E-state index contributed by atoms with van der Waals surface area (Å²) < 4.78 is 19.9. The van der Waals surface area contributed by atoms with Crippen LogP contribution in [0.15, 0.2) is 0 Å². The van der Waals surface area contributed by atoms with Crippen LogP contribution in [0.25, 0.3) is 0 Å². The molecule has 0 aromatic rings. The summed E-state index contributed by atoms with van der Waals surface area (Å²) in [5, 5.41) is 0.279. The molecule has 0 radical (unpaired) electrons. The van der Waals surface area contributed by atoms with E-state index in [0.717, 1.165) is 0 Å². The molecule has 1 saturated heterocycles. The van der Waals surface area contributed by atoms with E-state index in [1.165, 1.54) is 6.92 Å². The van der Waals surface area contributed by atoms with Crippen molar-refractivity contribution in [1.82, 2.24) is 5.06 Å². The van der Waals surface area contributed by atoms with Crippen molar-refractivity contribution in [2.45, 2.75) is 91.1 Å². The van der Waals surface area contributed by atoms with Gasteiger partial charge in [0, 0.05) is 12.8 Å². The first-order chi connectivity index (χ1) is 14.5. The fraction of sp³-hybridized carbons (Fsp3) is 0.700. The molecule has 0 saturated carbocycles. The first-order valence-electron chi connectivity index (χ1n) is 9.88. The normalized spacial score (nSPS) is 16.2. The fourth-order valence-corrected chi connectivity index (χ4v) is 2.19. The predicted molar refractivity (Wildman–Crippen MR) is 104 cm³/mol. The van der Waals surface area contributed by atoms with E-state index in [1.807, 2.05) is 0 Å². The minimum atomic E-state index is -1.88. The lowest BCUT2D eigenvalue weighted by atomic mass is 10.2. The van der Waals surface area contributed by atoms with E-state index in [0.29, 0.717) is 0 Å². The Morgan fingerprint density at radius 1 is 0.844 bits per heavy atom. The highest BCUT2D eigenvalue weighted by Crippen LogP contribution is 2.17. The van der Waals surface area contributed by atoms with Crippen LogP contribution in [0.1, 0.15) is 67.7 Å². The van der Waals surface area contributed by atoms with Crippen molar-refractivity contribution in [2.75, 3.05) is 0 Å². The first kappa shape index (κ1) is 26.9. The van der Waals surface area contributed by atoms with Crippen LogP contribution in [0.2, 0.25) is 0 Å². The Morgan fingerprint density at radius 3 is 1.81 bits per heavy atom. The lowest BCUT2D eigenvalue weighted by Gasteiger charge is -2.24. The smallest absolute Gasteiger partial charge is 0.457 e. The van der Waals surface area contributed by atoms with Gasteiger partial charge in [0.15, 0.2) is 6.10 Å². The van der Waals surface area contributed by atoms with Gasteiger partial charge in [0.05, 0.1) is 6.42 Å². The monoisotopic (exact) mass is 459 g/mol. The van der Waals surface area contributed by atoms with Gasteiger partial charge in [-0.3, -0.25) is 9.59 Å². The van der Waals surface area contributed by atoms with Crippen molar-refractivity contribution in [3.05, 3.63) is 0 Å². The maximum atomic E-state index is 12.5. The number of nitrogens with zero attached hydrogens (tertiary/aromatic N) is 1. The minimum absolute atomic E-state index is 0.126. The summed E-state index contributed by atoms with van der Waals surface area (Å²) in [4.78, 5) is 76.6. The highest BCUT2D eigenvalue weighted by atomic mass is 16.8. The van der Waals surface area contributed by atoms with Gasteiger partial charge < -0.3 is 23.8 Å². The standard InChI is InChI=1S/C20H29NO11/c1-11(16(25)30-19(2,3)4)28-17(26)12(29-18(27)31-20(5,6)7)10-15(24)32-21-13(22)8-9-14(21)23/h11-12H,8-10H2,1-7H3. The third-order valence-electron chi connectivity index (χ3n) is 3.47. The van der Waals surface area contributed by atoms with E-state index < -0.39 is 65.7 Å². The molecule has 1 aliphatic heterocycles. The Labute approximate surface area is 185 Å². The lowest BCUT2D eigenvalue weighted by Crippen LogP contribution is -2.40. The highest BCUT2D eigenvalue weighted by Gasteiger charge is 2.37. The van der Waals surface area contributed by atoms with Crippen LogP contribution in [0.3, 0.4) is 0 Å². The number of hydrogen-bond acceptors (Lipinski definition) is 11. The van der Waals surface area contributed by atoms with Crippen molar-refractivity contribution in [2.24, 2.45) is 0 Å². The Bertz CT molecular complexity index is 759. The molecule has 2 atom stereocenters. The van der Waals surface area contributed by atoms with Gasteiger partial charge in [-0.15, -0.1) is 5.06 Å². The molecule has 12 nitrogen and oxygen atoms in total. The largest absolute Gasteiger partial charge is 0.509 e. The number of esters is 2. The molecule has 0 aromatic carbocycles. The number of hydrogen-bond donors (Lipinski definition) is 0. The molecule has 0 spiro atoms. The van der Waals surface area contributed by atoms with Crippen LogP contribution < -0.4 is 0 Å². The van der Waals surface area contributed by atoms with Crippen LogP contribution in [-0.2, 0) is 47.8 Å². The number of carbonyl (C=O) groups excluding carboxylic acids is 6. The van der Waals surface area contributed by atoms with E-state index in [1.54, 1.807) is 41.5 Å². The highest BCUT2D eigenvalue weighted by molar-refractivity contribution is 6.01. The summed E-state index contributed by atoms with van der Waals surface area (Å²) in [5.74, 6) is -4.80. The molecule has 2 unspecified atom stereocenters. The minimum Gasteiger partial charge on any atom is -0.457 e. The molecule has 0 aromatic heterocycles. The number of rotatable bonds is 7. The molecular weight excluding hydrogens is 430 g/mol. The van der Waals surface area contributed by atoms with E-state index in [-0.39, 0.29) is 17.9 Å². The quantitative estimate of drug-likeness (QED) is 0.310. The van der Waals surface area contributed by atoms with E-state index in [4.69, 9.17) is 18.9 Å². The number of amides is 2. The van der Waals surface area contributed by atoms with Crippen molar-refractivity contribution in [3.63, 3.8) is 0 Å². The predicted octanol–water partition coefficient (Wildman–Crippen LogP) is 1.58. The zero-order valence-corrected chi connectivity index (χ0v) is 19.2. The molecule has 0 aliphatic carbocycles. The summed E-state index contributed by atoms with van der Waals surface area (Å²) in [6.45, 7) is 10.7. The maximum Gasteiger partial charge on any atom is 0.509 e. The second kappa shape index (κ2) is 10.4. The molecule has 0 bridgehead atoms. The lowest BCUT2D eigenvalue weighted by molar-refractivity contribution is -0.200. The van der Waals surface area contributed by atoms with Crippen LogP contribution >= 0.6 is 0 Å². The Morgan fingerprint density at radius 2 is 1.34 bits per heavy atom. The Hall–Kier alpha value is -3.18. The van der Waals surface area contributed by atoms with Crippen LogP contribution in [-0.4, -0.2) is 64.4 Å². The van der Waals surface area contributed by atoms with Gasteiger partial charge in [-0.2, -0.15) is 0 Å². The first-order valence-corrected chi connectivity index (χ1v) is 9.88. The summed E-state index contributed by atoms with van der Waals surface area (Å²) in [7, 11) is 0. The average Bonchev–Trinajstić information content (AvgIpc) is 2.89. The molecule has 32 heavy (non-hydrogen) atoms. The summed E-state index contributed by atoms with van der Waals surface area (Å²) >= 11 is 0. The van der Waals surface area contributed by atoms with Crippen LogP contribution in [0.5, 0.6) is 0 Å². The van der Waals surface area contributed by atoms with E-state index in [2.05, 4.69) is 4.84 Å². The molecule has 180 valence electrons. The van der Waals surface area contributed by atoms with Gasteiger partial charge >= 0.3 is 24.1 Å². The molecular formula is C20H29NO11. The van der Waals surface area contributed by atoms with Gasteiger partial charge in [-0.1, -0.05) is 0 Å². The van der Waals surface area contributed by atoms with E-state index >= 15 is 0 Å². The van der Waals surface area contributed by atoms with Crippen molar-refractivity contribution in [1.29, 1.82) is 0 Å². The number of carbonyl (C=O) groups is 6. The fourth-order valence-electron chi connectivity index (χ4n) is 2.19. The zero-order chi connectivity index (χ0) is 24.9. The Balaban J connectivity index is 2.88. The summed E-state index contributed by atoms with van der Waals surface area (Å²) in [6.07, 6.45) is -5.71. The summed E-state index contributed by atoms with van der Waals surface area (Å²) in [6, 6.07) is 0. The van der Waals surface area contributed by atoms with E-state index in [9.17, 15) is 28.8 Å². The number of imide groups is 1. The maximum absolute atomic E-state index is 12.5. The number of hydroxylamine groups is 2. The van der Waals surface area contributed by atoms with Crippen LogP contribution in [0.4, 0.5) is 4.79 Å². The average molecular weight is 459 g/mol. The SMILES string of the molecule is CC(OC(=O)C(CC(=O)ON1C(=O)CCC1=O)OC(=O)OC(C)(C)C)C(=O)OC(C)(C)C. The molecule has 0 N–H and O–H groups in total. The van der Waals surface area contributed by atoms with Gasteiger partial charge in [-0.05, 0) is 48.5 Å². The molecule has 1 rings (SSSR count). The van der Waals surface area contributed by atoms with Crippen LogP contribution in [0, 0.1) is 0 Å². The molecule has 2 amide bonds. The molecule has 12 heteroatoms. The van der Waals surface area contributed by atoms with Crippen molar-refractivity contribution >= 4 is 35.9 Å². The topological polar surface area (TPSA) is 152 Å². The van der Waals surface area contributed by atoms with Gasteiger partial charge in [0.1, 0.15) is 11.2 Å². The molecule has 1 heterocycles. The van der Waals surface area contributed by atoms with Crippen molar-refractivity contribution < 1.29 is 52.6 Å². The molecule has 1 fully saturated rings. The van der Waals surface area contributed by atoms with Gasteiger partial charge in [0.25, 0.3) is 11.8 Å². The van der Waals surface area contributed by atoms with Gasteiger partial charge in [-0.25, -0.2) is 19.2 Å². The second-order valence-electron chi connectivity index (χ2n) is 8.93. The van der Waals surface area contributed by atoms with Crippen molar-refractivity contribution in [3.8, 4) is 0 Å². The zero-order valence-electron chi connectivity index (χ0n) is 19.2. The van der Waals surface area contributed by atoms with Gasteiger partial charge in [0.2, 0.25) is 6.10 Å². The third kappa shape index (κ3) is 9.31. The summed E-state index contributed by atoms with van der Waals surface area (Å²) in [5.41, 5.74) is -1.81. The second-order valence-corrected chi connectivity index (χ2v) is 8.93. The number of ether oxygens (including phenoxy) is 4. The third-order valence-corrected chi connectivity index (χ3v) is 3.47.